The van der Waals surface area contributed by atoms with Gasteiger partial charge in [-0.05, 0) is 53.4 Å². The summed E-state index contributed by atoms with van der Waals surface area (Å²) in [5, 5.41) is 13.3. The van der Waals surface area contributed by atoms with Crippen LogP contribution in [-0.4, -0.2) is 73.6 Å². The van der Waals surface area contributed by atoms with Gasteiger partial charge in [-0.1, -0.05) is 48.5 Å². The number of amides is 1. The van der Waals surface area contributed by atoms with Crippen molar-refractivity contribution in [3.63, 3.8) is 0 Å². The number of nitrogens with zero attached hydrogens (tertiary/aromatic N) is 3. The Morgan fingerprint density at radius 3 is 2.59 bits per heavy atom. The number of benzene rings is 3. The van der Waals surface area contributed by atoms with E-state index in [9.17, 15) is 9.90 Å². The number of carbonyl (C=O) groups is 1. The number of hydrogen-bond donors (Lipinski definition) is 2. The van der Waals surface area contributed by atoms with Crippen LogP contribution in [0.4, 0.5) is 0 Å². The molecule has 10 heteroatoms. The van der Waals surface area contributed by atoms with Gasteiger partial charge in [-0.25, -0.2) is 0 Å². The van der Waals surface area contributed by atoms with Gasteiger partial charge in [0.05, 0.1) is 17.7 Å². The van der Waals surface area contributed by atoms with E-state index in [0.717, 1.165) is 45.8 Å². The summed E-state index contributed by atoms with van der Waals surface area (Å²) in [5.41, 5.74) is 3.05. The molecule has 1 aliphatic heterocycles. The molecule has 4 aromatic rings. The van der Waals surface area contributed by atoms with E-state index in [0.29, 0.717) is 18.8 Å². The lowest BCUT2D eigenvalue weighted by molar-refractivity contribution is -0.134. The van der Waals surface area contributed by atoms with Crippen LogP contribution in [0.15, 0.2) is 72.9 Å². The number of rotatable bonds is 7. The van der Waals surface area contributed by atoms with Gasteiger partial charge in [0.1, 0.15) is 5.75 Å². The van der Waals surface area contributed by atoms with Crippen molar-refractivity contribution in [1.29, 1.82) is 4.78 Å². The van der Waals surface area contributed by atoms with Crippen molar-refractivity contribution in [3.05, 3.63) is 84.1 Å². The molecule has 0 radical (unpaired) electrons. The molecule has 0 bridgehead atoms. The van der Waals surface area contributed by atoms with E-state index in [2.05, 4.69) is 34.1 Å². The van der Waals surface area contributed by atoms with Crippen molar-refractivity contribution in [2.45, 2.75) is 25.5 Å². The van der Waals surface area contributed by atoms with E-state index in [4.69, 9.17) is 17.9 Å². The van der Waals surface area contributed by atoms with Crippen LogP contribution in [-0.2, 0) is 15.3 Å². The zero-order valence-electron chi connectivity index (χ0n) is 21.9. The summed E-state index contributed by atoms with van der Waals surface area (Å²) in [6, 6.07) is 22.1. The molecule has 1 aromatic heterocycles. The highest BCUT2D eigenvalue weighted by molar-refractivity contribution is 7.60. The second-order valence-corrected chi connectivity index (χ2v) is 10.1. The van der Waals surface area contributed by atoms with Crippen LogP contribution < -0.4 is 4.74 Å². The van der Waals surface area contributed by atoms with Gasteiger partial charge >= 0.3 is 10.5 Å². The van der Waals surface area contributed by atoms with E-state index < -0.39 is 10.5 Å². The van der Waals surface area contributed by atoms with Crippen LogP contribution in [0.2, 0.25) is 0 Å². The minimum Gasteiger partial charge on any atom is -0.483 e. The van der Waals surface area contributed by atoms with Crippen LogP contribution in [0.25, 0.3) is 21.7 Å². The van der Waals surface area contributed by atoms with E-state index in [1.54, 1.807) is 11.1 Å². The van der Waals surface area contributed by atoms with Gasteiger partial charge in [0.2, 0.25) is 0 Å². The van der Waals surface area contributed by atoms with E-state index >= 15 is 0 Å². The largest absolute Gasteiger partial charge is 0.483 e. The molecule has 39 heavy (non-hydrogen) atoms. The topological polar surface area (TPSA) is 124 Å². The highest BCUT2D eigenvalue weighted by Crippen LogP contribution is 2.31. The minimum absolute atomic E-state index is 0.0621. The average molecular weight is 549 g/mol. The summed E-state index contributed by atoms with van der Waals surface area (Å²) in [4.78, 5) is 21.9. The standard InChI is InChI=1S/C29H31N3O3.HNO2S/c1-20-12-13-27(25-11-6-15-30-29(20)25)35-19-28(34)31(2)26(18-32-16-14-22(33)17-32)24-10-5-8-21-7-3-4-9-23(21)24;1-4(2)3/h3-13,15,22,26,33H,14,16-19H2,1-2H3;1H/t22-,26?;/m0./s1. The molecule has 1 saturated heterocycles. The zero-order chi connectivity index (χ0) is 27.9. The summed E-state index contributed by atoms with van der Waals surface area (Å²) >= 11 is 0. The first kappa shape index (κ1) is 28.2. The lowest BCUT2D eigenvalue weighted by atomic mass is 9.97. The quantitative estimate of drug-likeness (QED) is 0.358. The fourth-order valence-corrected chi connectivity index (χ4v) is 5.02. The lowest BCUT2D eigenvalue weighted by Crippen LogP contribution is -2.41. The third kappa shape index (κ3) is 6.97. The normalized spacial score (nSPS) is 15.9. The number of β-amino-alcohol motifs (C(OH)–C–C–N with tert-alkyl or cyclic N) is 1. The molecule has 2 heterocycles. The summed E-state index contributed by atoms with van der Waals surface area (Å²) < 4.78 is 28.9. The van der Waals surface area contributed by atoms with Crippen LogP contribution in [0.3, 0.4) is 0 Å². The number of likely N-dealkylation sites (N-methyl/N-ethyl adjacent to an activating group) is 1. The second kappa shape index (κ2) is 12.8. The number of carbonyl (C=O) groups excluding carboxylic acids is 1. The number of aryl methyl sites for hydroxylation is 1. The number of pyridine rings is 1. The Morgan fingerprint density at radius 2 is 1.85 bits per heavy atom. The van der Waals surface area contributed by atoms with Crippen molar-refractivity contribution in [1.82, 2.24) is 14.8 Å². The van der Waals surface area contributed by atoms with Gasteiger partial charge in [0.15, 0.2) is 6.61 Å². The molecule has 9 nitrogen and oxygen atoms in total. The first-order chi connectivity index (χ1) is 18.7. The maximum atomic E-state index is 13.4. The molecule has 1 aliphatic rings. The van der Waals surface area contributed by atoms with E-state index in [1.807, 2.05) is 56.4 Å². The number of fused-ring (bicyclic) bond motifs is 2. The molecule has 0 spiro atoms. The van der Waals surface area contributed by atoms with Crippen molar-refractivity contribution < 1.29 is 23.1 Å². The molecule has 1 fully saturated rings. The van der Waals surface area contributed by atoms with Crippen molar-refractivity contribution in [3.8, 4) is 5.75 Å². The third-order valence-corrected chi connectivity index (χ3v) is 7.00. The van der Waals surface area contributed by atoms with Crippen molar-refractivity contribution in [2.75, 3.05) is 33.3 Å². The zero-order valence-corrected chi connectivity index (χ0v) is 22.8. The van der Waals surface area contributed by atoms with Crippen LogP contribution in [0.5, 0.6) is 5.75 Å². The van der Waals surface area contributed by atoms with Gasteiger partial charge in [-0.3, -0.25) is 14.7 Å². The SMILES string of the molecule is Cc1ccc(OCC(=O)N(C)C(CN2CC[C@H](O)C2)c2cccc3ccccc23)c2cccnc12.N=S(=O)=O. The smallest absolute Gasteiger partial charge is 0.308 e. The first-order valence-electron chi connectivity index (χ1n) is 12.7. The van der Waals surface area contributed by atoms with Gasteiger partial charge in [0, 0.05) is 38.3 Å². The van der Waals surface area contributed by atoms with Crippen LogP contribution in [0.1, 0.15) is 23.6 Å². The number of likely N-dealkylation sites (tertiary alicyclic amines) is 1. The molecule has 0 aliphatic carbocycles. The number of aliphatic hydroxyl groups excluding tert-OH is 1. The lowest BCUT2D eigenvalue weighted by Gasteiger charge is -2.33. The number of aromatic nitrogens is 1. The fourth-order valence-electron chi connectivity index (χ4n) is 5.02. The molecule has 2 N–H and O–H groups in total. The molecule has 204 valence electrons. The summed E-state index contributed by atoms with van der Waals surface area (Å²) in [7, 11) is -0.764. The minimum atomic E-state index is -2.61. The monoisotopic (exact) mass is 548 g/mol. The number of hydrogen-bond acceptors (Lipinski definition) is 8. The Balaban J connectivity index is 0.000000826. The Labute approximate surface area is 229 Å². The van der Waals surface area contributed by atoms with E-state index in [-0.39, 0.29) is 24.7 Å². The molecular weight excluding hydrogens is 516 g/mol. The Bertz CT molecular complexity index is 1570. The highest BCUT2D eigenvalue weighted by atomic mass is 32.2. The van der Waals surface area contributed by atoms with Crippen LogP contribution in [0, 0.1) is 11.7 Å². The number of aliphatic hydroxyl groups is 1. The van der Waals surface area contributed by atoms with E-state index in [1.165, 1.54) is 0 Å². The Morgan fingerprint density at radius 1 is 1.13 bits per heavy atom. The molecule has 1 amide bonds. The second-order valence-electron chi connectivity index (χ2n) is 9.59. The van der Waals surface area contributed by atoms with Crippen molar-refractivity contribution in [2.24, 2.45) is 0 Å². The Hall–Kier alpha value is -3.86. The highest BCUT2D eigenvalue weighted by Gasteiger charge is 2.29. The van der Waals surface area contributed by atoms with Gasteiger partial charge in [-0.2, -0.15) is 13.2 Å². The predicted octanol–water partition coefficient (Wildman–Crippen LogP) is 3.97. The van der Waals surface area contributed by atoms with Gasteiger partial charge in [0.25, 0.3) is 5.91 Å². The number of nitrogens with one attached hydrogen (secondary N) is 1. The summed E-state index contributed by atoms with van der Waals surface area (Å²) in [6.45, 7) is 4.06. The molecule has 2 atom stereocenters. The third-order valence-electron chi connectivity index (χ3n) is 7.00. The summed E-state index contributed by atoms with van der Waals surface area (Å²) in [5.74, 6) is 0.560. The average Bonchev–Trinajstić information content (AvgIpc) is 3.35. The molecule has 3 aromatic carbocycles. The van der Waals surface area contributed by atoms with Gasteiger partial charge < -0.3 is 14.7 Å². The number of ether oxygens (including phenoxy) is 1. The predicted molar refractivity (Wildman–Crippen MR) is 150 cm³/mol. The van der Waals surface area contributed by atoms with Crippen LogP contribution >= 0.6 is 0 Å². The maximum Gasteiger partial charge on any atom is 0.308 e. The maximum absolute atomic E-state index is 13.4. The molecule has 5 rings (SSSR count). The molecular formula is C29H32N4O5S. The first-order valence-corrected chi connectivity index (χ1v) is 13.7. The summed E-state index contributed by atoms with van der Waals surface area (Å²) in [6.07, 6.45) is 2.22. The fraction of sp³-hybridized carbons (Fsp3) is 0.310. The van der Waals surface area contributed by atoms with Crippen molar-refractivity contribution >= 4 is 38.1 Å². The molecule has 1 unspecified atom stereocenters. The van der Waals surface area contributed by atoms with Gasteiger partial charge in [-0.15, -0.1) is 0 Å². The Kier molecular flexibility index (Phi) is 9.23. The molecule has 0 saturated carbocycles.